The highest BCUT2D eigenvalue weighted by Crippen LogP contribution is 2.28. The molecule has 0 saturated carbocycles. The Morgan fingerprint density at radius 1 is 1.27 bits per heavy atom. The first kappa shape index (κ1) is 15.8. The van der Waals surface area contributed by atoms with Gasteiger partial charge in [0.1, 0.15) is 11.4 Å². The molecule has 0 unspecified atom stereocenters. The number of hydrogen-bond acceptors (Lipinski definition) is 4. The van der Waals surface area contributed by atoms with E-state index < -0.39 is 16.9 Å². The predicted molar refractivity (Wildman–Crippen MR) is 83.3 cm³/mol. The first-order chi connectivity index (χ1) is 10.5. The molecule has 1 amide bonds. The molecule has 114 valence electrons. The number of nitro benzene ring substituents is 1. The second-order valence-electron chi connectivity index (χ2n) is 4.48. The number of rotatable bonds is 5. The molecular weight excluding hydrogens is 308 g/mol. The molecule has 0 aliphatic rings. The van der Waals surface area contributed by atoms with Crippen LogP contribution < -0.4 is 10.1 Å². The molecule has 0 heterocycles. The Labute approximate surface area is 131 Å². The number of carbonyl (C=O) groups is 1. The SMILES string of the molecule is C[C@@H](Oc1ccccc1)C(=O)Nc1ccc(Cl)cc1[N+](=O)[O-]. The van der Waals surface area contributed by atoms with Crippen molar-refractivity contribution in [3.8, 4) is 5.75 Å². The first-order valence-corrected chi connectivity index (χ1v) is 6.81. The van der Waals surface area contributed by atoms with Crippen LogP contribution in [0.5, 0.6) is 5.75 Å². The van der Waals surface area contributed by atoms with E-state index in [0.717, 1.165) is 0 Å². The third kappa shape index (κ3) is 3.95. The Bertz CT molecular complexity index is 691. The van der Waals surface area contributed by atoms with E-state index in [2.05, 4.69) is 5.32 Å². The topological polar surface area (TPSA) is 81.5 Å². The molecule has 0 aliphatic carbocycles. The van der Waals surface area contributed by atoms with Crippen molar-refractivity contribution >= 4 is 28.9 Å². The van der Waals surface area contributed by atoms with E-state index in [0.29, 0.717) is 5.75 Å². The number of amides is 1. The highest BCUT2D eigenvalue weighted by atomic mass is 35.5. The monoisotopic (exact) mass is 320 g/mol. The van der Waals surface area contributed by atoms with Crippen LogP contribution in [0.4, 0.5) is 11.4 Å². The summed E-state index contributed by atoms with van der Waals surface area (Å²) in [4.78, 5) is 22.5. The summed E-state index contributed by atoms with van der Waals surface area (Å²) < 4.78 is 5.46. The summed E-state index contributed by atoms with van der Waals surface area (Å²) in [5.74, 6) is 0.0463. The number of benzene rings is 2. The van der Waals surface area contributed by atoms with E-state index >= 15 is 0 Å². The summed E-state index contributed by atoms with van der Waals surface area (Å²) in [6.45, 7) is 1.56. The summed E-state index contributed by atoms with van der Waals surface area (Å²) in [6.07, 6.45) is -0.808. The van der Waals surface area contributed by atoms with Gasteiger partial charge >= 0.3 is 0 Å². The lowest BCUT2D eigenvalue weighted by molar-refractivity contribution is -0.383. The van der Waals surface area contributed by atoms with E-state index in [1.807, 2.05) is 6.07 Å². The van der Waals surface area contributed by atoms with Crippen LogP contribution in [-0.4, -0.2) is 16.9 Å². The summed E-state index contributed by atoms with van der Waals surface area (Å²) in [7, 11) is 0. The summed E-state index contributed by atoms with van der Waals surface area (Å²) >= 11 is 5.73. The van der Waals surface area contributed by atoms with Crippen molar-refractivity contribution in [2.24, 2.45) is 0 Å². The molecule has 0 aromatic heterocycles. The number of ether oxygens (including phenoxy) is 1. The Kier molecular flexibility index (Phi) is 4.95. The van der Waals surface area contributed by atoms with E-state index in [-0.39, 0.29) is 16.4 Å². The molecule has 6 nitrogen and oxygen atoms in total. The van der Waals surface area contributed by atoms with E-state index in [1.54, 1.807) is 31.2 Å². The fraction of sp³-hybridized carbons (Fsp3) is 0.133. The van der Waals surface area contributed by atoms with Gasteiger partial charge in [0.2, 0.25) is 0 Å². The number of halogens is 1. The zero-order valence-corrected chi connectivity index (χ0v) is 12.4. The van der Waals surface area contributed by atoms with Crippen LogP contribution in [0.3, 0.4) is 0 Å². The fourth-order valence-electron chi connectivity index (χ4n) is 1.75. The van der Waals surface area contributed by atoms with Gasteiger partial charge in [0.15, 0.2) is 6.10 Å². The average Bonchev–Trinajstić information content (AvgIpc) is 2.49. The van der Waals surface area contributed by atoms with E-state index in [9.17, 15) is 14.9 Å². The summed E-state index contributed by atoms with van der Waals surface area (Å²) in [6, 6.07) is 12.9. The van der Waals surface area contributed by atoms with Crippen LogP contribution in [-0.2, 0) is 4.79 Å². The Balaban J connectivity index is 2.10. The highest BCUT2D eigenvalue weighted by molar-refractivity contribution is 6.31. The minimum atomic E-state index is -0.808. The van der Waals surface area contributed by atoms with Gasteiger partial charge in [0, 0.05) is 11.1 Å². The predicted octanol–water partition coefficient (Wildman–Crippen LogP) is 3.65. The number of anilines is 1. The van der Waals surface area contributed by atoms with E-state index in [4.69, 9.17) is 16.3 Å². The van der Waals surface area contributed by atoms with Gasteiger partial charge in [-0.05, 0) is 31.2 Å². The molecule has 1 N–H and O–H groups in total. The van der Waals surface area contributed by atoms with Crippen molar-refractivity contribution in [1.82, 2.24) is 0 Å². The minimum Gasteiger partial charge on any atom is -0.481 e. The van der Waals surface area contributed by atoms with Crippen LogP contribution >= 0.6 is 11.6 Å². The molecular formula is C15H13ClN2O4. The Morgan fingerprint density at radius 2 is 1.95 bits per heavy atom. The van der Waals surface area contributed by atoms with Gasteiger partial charge in [0.05, 0.1) is 4.92 Å². The molecule has 2 aromatic rings. The van der Waals surface area contributed by atoms with Crippen LogP contribution in [0.15, 0.2) is 48.5 Å². The number of nitrogens with one attached hydrogen (secondary N) is 1. The largest absolute Gasteiger partial charge is 0.481 e. The summed E-state index contributed by atoms with van der Waals surface area (Å²) in [5.41, 5.74) is -0.198. The van der Waals surface area contributed by atoms with Gasteiger partial charge < -0.3 is 10.1 Å². The molecule has 0 bridgehead atoms. The Morgan fingerprint density at radius 3 is 2.59 bits per heavy atom. The zero-order chi connectivity index (χ0) is 16.1. The average molecular weight is 321 g/mol. The molecule has 0 fully saturated rings. The highest BCUT2D eigenvalue weighted by Gasteiger charge is 2.20. The molecule has 7 heteroatoms. The first-order valence-electron chi connectivity index (χ1n) is 6.44. The number of carbonyl (C=O) groups excluding carboxylic acids is 1. The molecule has 2 aromatic carbocycles. The van der Waals surface area contributed by atoms with Gasteiger partial charge in [-0.15, -0.1) is 0 Å². The smallest absolute Gasteiger partial charge is 0.294 e. The van der Waals surface area contributed by atoms with Gasteiger partial charge in [0.25, 0.3) is 11.6 Å². The minimum absolute atomic E-state index is 0.0721. The maximum absolute atomic E-state index is 12.1. The van der Waals surface area contributed by atoms with Gasteiger partial charge in [-0.2, -0.15) is 0 Å². The maximum Gasteiger partial charge on any atom is 0.294 e. The second kappa shape index (κ2) is 6.91. The van der Waals surface area contributed by atoms with Crippen molar-refractivity contribution in [3.05, 3.63) is 63.7 Å². The summed E-state index contributed by atoms with van der Waals surface area (Å²) in [5, 5.41) is 13.7. The van der Waals surface area contributed by atoms with Crippen molar-refractivity contribution in [2.75, 3.05) is 5.32 Å². The maximum atomic E-state index is 12.1. The molecule has 0 saturated heterocycles. The fourth-order valence-corrected chi connectivity index (χ4v) is 1.92. The molecule has 1 atom stereocenters. The lowest BCUT2D eigenvalue weighted by Gasteiger charge is -2.14. The molecule has 2 rings (SSSR count). The van der Waals surface area contributed by atoms with Crippen LogP contribution in [0.25, 0.3) is 0 Å². The Hall–Kier alpha value is -2.60. The quantitative estimate of drug-likeness (QED) is 0.673. The van der Waals surface area contributed by atoms with Crippen LogP contribution in [0.2, 0.25) is 5.02 Å². The number of para-hydroxylation sites is 1. The lowest BCUT2D eigenvalue weighted by Crippen LogP contribution is -2.30. The van der Waals surface area contributed by atoms with Crippen molar-refractivity contribution < 1.29 is 14.5 Å². The zero-order valence-electron chi connectivity index (χ0n) is 11.7. The van der Waals surface area contributed by atoms with Crippen molar-refractivity contribution in [1.29, 1.82) is 0 Å². The third-order valence-corrected chi connectivity index (χ3v) is 3.07. The molecule has 0 aliphatic heterocycles. The van der Waals surface area contributed by atoms with Crippen LogP contribution in [0.1, 0.15) is 6.92 Å². The standard InChI is InChI=1S/C15H13ClN2O4/c1-10(22-12-5-3-2-4-6-12)15(19)17-13-8-7-11(16)9-14(13)18(20)21/h2-10H,1H3,(H,17,19)/t10-/m1/s1. The number of nitro groups is 1. The van der Waals surface area contributed by atoms with Gasteiger partial charge in [-0.3, -0.25) is 14.9 Å². The van der Waals surface area contributed by atoms with Gasteiger partial charge in [-0.1, -0.05) is 29.8 Å². The van der Waals surface area contributed by atoms with Crippen LogP contribution in [0, 0.1) is 10.1 Å². The van der Waals surface area contributed by atoms with Gasteiger partial charge in [-0.25, -0.2) is 0 Å². The van der Waals surface area contributed by atoms with Crippen molar-refractivity contribution in [3.63, 3.8) is 0 Å². The number of hydrogen-bond donors (Lipinski definition) is 1. The second-order valence-corrected chi connectivity index (χ2v) is 4.92. The third-order valence-electron chi connectivity index (χ3n) is 2.84. The lowest BCUT2D eigenvalue weighted by atomic mass is 10.2. The molecule has 22 heavy (non-hydrogen) atoms. The van der Waals surface area contributed by atoms with E-state index in [1.165, 1.54) is 18.2 Å². The van der Waals surface area contributed by atoms with Crippen molar-refractivity contribution in [2.45, 2.75) is 13.0 Å². The number of nitrogens with zero attached hydrogens (tertiary/aromatic N) is 1. The molecule has 0 radical (unpaired) electrons. The molecule has 0 spiro atoms. The normalized spacial score (nSPS) is 11.5.